The van der Waals surface area contributed by atoms with E-state index in [9.17, 15) is 18.3 Å². The summed E-state index contributed by atoms with van der Waals surface area (Å²) in [6.07, 6.45) is -1.27. The van der Waals surface area contributed by atoms with Crippen LogP contribution in [0.5, 0.6) is 5.75 Å². The highest BCUT2D eigenvalue weighted by Gasteiger charge is 2.38. The molecular weight excluding hydrogens is 480 g/mol. The number of sulfonamides is 1. The van der Waals surface area contributed by atoms with Crippen molar-refractivity contribution < 1.29 is 32.7 Å². The van der Waals surface area contributed by atoms with Gasteiger partial charge in [-0.15, -0.1) is 0 Å². The van der Waals surface area contributed by atoms with Crippen LogP contribution in [0.3, 0.4) is 0 Å². The first-order valence-electron chi connectivity index (χ1n) is 12.2. The molecule has 0 aromatic heterocycles. The topological polar surface area (TPSA) is 97.6 Å². The number of rotatable bonds is 11. The highest BCUT2D eigenvalue weighted by molar-refractivity contribution is 7.89. The van der Waals surface area contributed by atoms with Crippen molar-refractivity contribution in [1.82, 2.24) is 4.31 Å². The number of aliphatic hydroxyl groups is 1. The molecule has 0 bridgehead atoms. The van der Waals surface area contributed by atoms with Gasteiger partial charge in [0.2, 0.25) is 10.0 Å². The summed E-state index contributed by atoms with van der Waals surface area (Å²) in [5, 5.41) is 11.4. The minimum atomic E-state index is -3.90. The van der Waals surface area contributed by atoms with Crippen molar-refractivity contribution in [3.8, 4) is 5.75 Å². The van der Waals surface area contributed by atoms with Gasteiger partial charge in [-0.25, -0.2) is 13.3 Å². The zero-order valence-corrected chi connectivity index (χ0v) is 23.2. The van der Waals surface area contributed by atoms with E-state index in [-0.39, 0.29) is 23.9 Å². The van der Waals surface area contributed by atoms with Gasteiger partial charge < -0.3 is 14.6 Å². The van der Waals surface area contributed by atoms with Crippen molar-refractivity contribution in [3.63, 3.8) is 0 Å². The van der Waals surface area contributed by atoms with E-state index < -0.39 is 33.9 Å². The van der Waals surface area contributed by atoms with Crippen LogP contribution >= 0.6 is 0 Å². The Morgan fingerprint density at radius 2 is 1.61 bits per heavy atom. The molecule has 0 aliphatic rings. The number of benzene rings is 2. The second kappa shape index (κ2) is 12.7. The van der Waals surface area contributed by atoms with Crippen LogP contribution in [0.25, 0.3) is 0 Å². The Morgan fingerprint density at radius 1 is 1.03 bits per heavy atom. The summed E-state index contributed by atoms with van der Waals surface area (Å²) < 4.78 is 39.1. The number of amides is 1. The van der Waals surface area contributed by atoms with E-state index in [1.165, 1.54) is 23.5 Å². The van der Waals surface area contributed by atoms with Crippen molar-refractivity contribution in [2.24, 2.45) is 5.92 Å². The van der Waals surface area contributed by atoms with E-state index in [1.54, 1.807) is 40.0 Å². The first kappa shape index (κ1) is 29.8. The number of nitrogens with zero attached hydrogens (tertiary/aromatic N) is 1. The minimum Gasteiger partial charge on any atom is -0.497 e. The Balaban J connectivity index is 2.38. The number of carbonyl (C=O) groups is 1. The molecule has 2 N–H and O–H groups in total. The Hall–Kier alpha value is -2.46. The number of hydrogen-bond donors (Lipinski definition) is 2. The highest BCUT2D eigenvalue weighted by Crippen LogP contribution is 2.21. The highest BCUT2D eigenvalue weighted by atomic mass is 32.2. The van der Waals surface area contributed by atoms with Gasteiger partial charge in [0.1, 0.15) is 23.5 Å². The second-order valence-corrected chi connectivity index (χ2v) is 12.4. The number of hydrogen-bond acceptors (Lipinski definition) is 6. The predicted octanol–water partition coefficient (Wildman–Crippen LogP) is 2.76. The Labute approximate surface area is 215 Å². The maximum absolute atomic E-state index is 13.6. The quantitative estimate of drug-likeness (QED) is 0.472. The molecule has 8 nitrogen and oxygen atoms in total. The maximum atomic E-state index is 13.6. The molecule has 2 aromatic rings. The summed E-state index contributed by atoms with van der Waals surface area (Å²) in [7, 11) is -0.741. The van der Waals surface area contributed by atoms with Crippen LogP contribution in [0.2, 0.25) is 0 Å². The summed E-state index contributed by atoms with van der Waals surface area (Å²) in [6.45, 7) is 9.25. The molecule has 200 valence electrons. The Morgan fingerprint density at radius 3 is 2.11 bits per heavy atom. The second-order valence-electron chi connectivity index (χ2n) is 10.4. The van der Waals surface area contributed by atoms with Crippen LogP contribution in [-0.4, -0.2) is 68.9 Å². The molecule has 0 heterocycles. The van der Waals surface area contributed by atoms with Crippen molar-refractivity contribution in [2.45, 2.75) is 63.7 Å². The van der Waals surface area contributed by atoms with Crippen LogP contribution in [-0.2, 0) is 21.2 Å². The largest absolute Gasteiger partial charge is 0.514 e. The fourth-order valence-electron chi connectivity index (χ4n) is 3.87. The van der Waals surface area contributed by atoms with Crippen LogP contribution in [0.1, 0.15) is 40.2 Å². The minimum absolute atomic E-state index is 0.0220. The van der Waals surface area contributed by atoms with E-state index in [2.05, 4.69) is 0 Å². The van der Waals surface area contributed by atoms with Gasteiger partial charge in [-0.1, -0.05) is 44.2 Å². The van der Waals surface area contributed by atoms with Crippen molar-refractivity contribution in [1.29, 1.82) is 0 Å². The molecule has 9 heteroatoms. The standard InChI is InChI=1S/C27H40N2O6S/c1-20(2)18-29(36(32,33)23-15-13-22(34-7)14-16-23)19-25(30)24(17-21-11-9-8-10-12-21)28(6)26(31)35-27(3,4)5/h8-16,20,24-25,30H,17-19H2,1-7H3/p+1/t24-,25+/m0/s1. The fourth-order valence-corrected chi connectivity index (χ4v) is 5.49. The van der Waals surface area contributed by atoms with Gasteiger partial charge >= 0.3 is 6.09 Å². The van der Waals surface area contributed by atoms with E-state index >= 15 is 0 Å². The molecule has 1 amide bonds. The van der Waals surface area contributed by atoms with Gasteiger partial charge in [-0.3, -0.25) is 0 Å². The predicted molar refractivity (Wildman–Crippen MR) is 140 cm³/mol. The first-order chi connectivity index (χ1) is 16.7. The molecule has 0 aliphatic carbocycles. The lowest BCUT2D eigenvalue weighted by Gasteiger charge is -2.32. The normalized spacial score (nSPS) is 14.9. The van der Waals surface area contributed by atoms with Crippen LogP contribution < -0.4 is 9.64 Å². The lowest BCUT2D eigenvalue weighted by atomic mass is 10.00. The molecule has 0 radical (unpaired) electrons. The molecule has 0 saturated carbocycles. The maximum Gasteiger partial charge on any atom is 0.514 e. The van der Waals surface area contributed by atoms with Crippen LogP contribution in [0.15, 0.2) is 59.5 Å². The van der Waals surface area contributed by atoms with Crippen molar-refractivity contribution in [3.05, 3.63) is 60.2 Å². The van der Waals surface area contributed by atoms with Gasteiger partial charge in [-0.2, -0.15) is 9.10 Å². The number of alkyl carbamates (subject to hydrolysis) is 2. The van der Waals surface area contributed by atoms with Gasteiger partial charge in [0.25, 0.3) is 0 Å². The third kappa shape index (κ3) is 8.58. The molecule has 0 saturated heterocycles. The summed E-state index contributed by atoms with van der Waals surface area (Å²) in [5.41, 5.74) is 0.236. The van der Waals surface area contributed by atoms with E-state index in [0.717, 1.165) is 5.56 Å². The summed E-state index contributed by atoms with van der Waals surface area (Å²) >= 11 is 0. The molecule has 36 heavy (non-hydrogen) atoms. The van der Waals surface area contributed by atoms with E-state index in [4.69, 9.17) is 9.47 Å². The van der Waals surface area contributed by atoms with Crippen LogP contribution in [0.4, 0.5) is 4.79 Å². The molecule has 0 spiro atoms. The van der Waals surface area contributed by atoms with E-state index in [0.29, 0.717) is 17.1 Å². The monoisotopic (exact) mass is 521 g/mol. The van der Waals surface area contributed by atoms with Crippen molar-refractivity contribution >= 4 is 16.1 Å². The summed E-state index contributed by atoms with van der Waals surface area (Å²) in [4.78, 5) is 13.4. The number of carbonyl (C=O) groups excluding carboxylic acids is 1. The van der Waals surface area contributed by atoms with Gasteiger partial charge in [0, 0.05) is 19.5 Å². The average Bonchev–Trinajstić information content (AvgIpc) is 2.81. The molecule has 2 rings (SSSR count). The number of likely N-dealkylation sites (N-methyl/N-ethyl adjacent to an activating group) is 1. The van der Waals surface area contributed by atoms with E-state index in [1.807, 2.05) is 44.2 Å². The number of aliphatic hydroxyl groups excluding tert-OH is 1. The third-order valence-corrected chi connectivity index (χ3v) is 7.54. The molecule has 2 aromatic carbocycles. The SMILES string of the molecule is COc1ccc(S(=O)(=O)N(CC(C)C)C[C@@H](O)[C@H](Cc2ccccc2)[NH+](C)C(=O)OC(C)(C)C)cc1. The Bertz CT molecular complexity index is 1070. The summed E-state index contributed by atoms with van der Waals surface area (Å²) in [6, 6.07) is 15.0. The van der Waals surface area contributed by atoms with Gasteiger partial charge in [0.05, 0.1) is 19.1 Å². The summed E-state index contributed by atoms with van der Waals surface area (Å²) in [5.74, 6) is 0.573. The smallest absolute Gasteiger partial charge is 0.497 e. The van der Waals surface area contributed by atoms with Crippen molar-refractivity contribution in [2.75, 3.05) is 27.2 Å². The Kier molecular flexibility index (Phi) is 10.5. The lowest BCUT2D eigenvalue weighted by Crippen LogP contribution is -3.17. The zero-order chi connectivity index (χ0) is 27.1. The number of methoxy groups -OCH3 is 1. The average molecular weight is 522 g/mol. The van der Waals surface area contributed by atoms with Gasteiger partial charge in [0.15, 0.2) is 0 Å². The number of ether oxygens (including phenoxy) is 2. The number of nitrogens with one attached hydrogen (secondary N) is 1. The molecular formula is C27H41N2O6S+. The number of quaternary nitrogens is 1. The third-order valence-electron chi connectivity index (χ3n) is 5.70. The zero-order valence-electron chi connectivity index (χ0n) is 22.4. The fraction of sp³-hybridized carbons (Fsp3) is 0.519. The van der Waals surface area contributed by atoms with Gasteiger partial charge in [-0.05, 0) is 56.5 Å². The molecule has 0 aliphatic heterocycles. The lowest BCUT2D eigenvalue weighted by molar-refractivity contribution is -0.836. The molecule has 3 atom stereocenters. The van der Waals surface area contributed by atoms with Crippen LogP contribution in [0, 0.1) is 5.92 Å². The molecule has 1 unspecified atom stereocenters. The molecule has 0 fully saturated rings. The first-order valence-corrected chi connectivity index (χ1v) is 13.6.